The van der Waals surface area contributed by atoms with E-state index >= 15 is 0 Å². The molecule has 0 aliphatic rings. The van der Waals surface area contributed by atoms with Crippen molar-refractivity contribution in [2.75, 3.05) is 26.5 Å². The van der Waals surface area contributed by atoms with Gasteiger partial charge >= 0.3 is 0 Å². The standard InChI is InChI=1S/C19H26N2O4S/c1-15(21-26(3,22)23)17-6-4-16(5-7-17)14-20-12-13-25-19-10-8-18(24-2)9-11-19/h4-11,15,20-21H,12-14H2,1-3H3. The highest BCUT2D eigenvalue weighted by Gasteiger charge is 2.10. The lowest BCUT2D eigenvalue weighted by atomic mass is 10.1. The molecule has 0 saturated carbocycles. The first-order chi connectivity index (χ1) is 12.4. The van der Waals surface area contributed by atoms with Crippen LogP contribution in [0, 0.1) is 0 Å². The van der Waals surface area contributed by atoms with Gasteiger partial charge in [0.1, 0.15) is 18.1 Å². The van der Waals surface area contributed by atoms with Crippen molar-refractivity contribution < 1.29 is 17.9 Å². The van der Waals surface area contributed by atoms with Crippen LogP contribution in [-0.4, -0.2) is 34.9 Å². The highest BCUT2D eigenvalue weighted by molar-refractivity contribution is 7.88. The molecule has 142 valence electrons. The lowest BCUT2D eigenvalue weighted by Crippen LogP contribution is -2.25. The van der Waals surface area contributed by atoms with Gasteiger partial charge in [-0.1, -0.05) is 24.3 Å². The van der Waals surface area contributed by atoms with Crippen LogP contribution in [0.25, 0.3) is 0 Å². The van der Waals surface area contributed by atoms with E-state index in [2.05, 4.69) is 10.0 Å². The summed E-state index contributed by atoms with van der Waals surface area (Å²) in [6.07, 6.45) is 1.16. The summed E-state index contributed by atoms with van der Waals surface area (Å²) in [5.41, 5.74) is 2.06. The Bertz CT molecular complexity index is 774. The van der Waals surface area contributed by atoms with Gasteiger partial charge < -0.3 is 14.8 Å². The molecule has 6 nitrogen and oxygen atoms in total. The summed E-state index contributed by atoms with van der Waals surface area (Å²) >= 11 is 0. The van der Waals surface area contributed by atoms with Crippen molar-refractivity contribution >= 4 is 10.0 Å². The smallest absolute Gasteiger partial charge is 0.209 e. The first-order valence-electron chi connectivity index (χ1n) is 8.41. The van der Waals surface area contributed by atoms with Gasteiger partial charge in [-0.3, -0.25) is 0 Å². The molecular weight excluding hydrogens is 352 g/mol. The van der Waals surface area contributed by atoms with Crippen molar-refractivity contribution in [3.63, 3.8) is 0 Å². The number of ether oxygens (including phenoxy) is 2. The SMILES string of the molecule is COc1ccc(OCCNCc2ccc(C(C)NS(C)(=O)=O)cc2)cc1. The number of nitrogens with one attached hydrogen (secondary N) is 2. The Kier molecular flexibility index (Phi) is 7.44. The largest absolute Gasteiger partial charge is 0.497 e. The van der Waals surface area contributed by atoms with Crippen molar-refractivity contribution in [1.82, 2.24) is 10.0 Å². The minimum atomic E-state index is -3.21. The predicted octanol–water partition coefficient (Wildman–Crippen LogP) is 2.47. The summed E-state index contributed by atoms with van der Waals surface area (Å²) in [7, 11) is -1.58. The molecule has 1 unspecified atom stereocenters. The number of sulfonamides is 1. The van der Waals surface area contributed by atoms with Gasteiger partial charge in [0.2, 0.25) is 10.0 Å². The van der Waals surface area contributed by atoms with Crippen LogP contribution in [0.1, 0.15) is 24.1 Å². The molecule has 0 heterocycles. The monoisotopic (exact) mass is 378 g/mol. The van der Waals surface area contributed by atoms with Crippen molar-refractivity contribution in [1.29, 1.82) is 0 Å². The summed E-state index contributed by atoms with van der Waals surface area (Å²) in [5.74, 6) is 1.62. The van der Waals surface area contributed by atoms with Gasteiger partial charge in [-0.15, -0.1) is 0 Å². The quantitative estimate of drug-likeness (QED) is 0.621. The number of hydrogen-bond acceptors (Lipinski definition) is 5. The molecule has 2 aromatic rings. The minimum absolute atomic E-state index is 0.245. The second kappa shape index (κ2) is 9.56. The van der Waals surface area contributed by atoms with E-state index in [1.807, 2.05) is 55.5 Å². The van der Waals surface area contributed by atoms with Crippen molar-refractivity contribution in [3.05, 3.63) is 59.7 Å². The maximum absolute atomic E-state index is 11.3. The zero-order valence-electron chi connectivity index (χ0n) is 15.4. The molecule has 0 aromatic heterocycles. The van der Waals surface area contributed by atoms with Crippen molar-refractivity contribution in [3.8, 4) is 11.5 Å². The van der Waals surface area contributed by atoms with Gasteiger partial charge in [-0.05, 0) is 42.3 Å². The van der Waals surface area contributed by atoms with Gasteiger partial charge in [-0.25, -0.2) is 13.1 Å². The maximum Gasteiger partial charge on any atom is 0.209 e. The van der Waals surface area contributed by atoms with E-state index in [9.17, 15) is 8.42 Å². The molecule has 0 amide bonds. The predicted molar refractivity (Wildman–Crippen MR) is 103 cm³/mol. The van der Waals surface area contributed by atoms with E-state index in [1.165, 1.54) is 0 Å². The van der Waals surface area contributed by atoms with Gasteiger partial charge in [0.05, 0.1) is 13.4 Å². The Morgan fingerprint density at radius 3 is 2.19 bits per heavy atom. The molecule has 0 saturated heterocycles. The molecule has 1 atom stereocenters. The van der Waals surface area contributed by atoms with Crippen LogP contribution >= 0.6 is 0 Å². The highest BCUT2D eigenvalue weighted by Crippen LogP contribution is 2.17. The molecule has 0 bridgehead atoms. The third-order valence-electron chi connectivity index (χ3n) is 3.81. The molecule has 2 N–H and O–H groups in total. The molecule has 0 fully saturated rings. The molecule has 0 aliphatic carbocycles. The average molecular weight is 378 g/mol. The van der Waals surface area contributed by atoms with Crippen LogP contribution in [0.15, 0.2) is 48.5 Å². The average Bonchev–Trinajstić information content (AvgIpc) is 2.61. The fraction of sp³-hybridized carbons (Fsp3) is 0.368. The third kappa shape index (κ3) is 7.03. The maximum atomic E-state index is 11.3. The second-order valence-corrected chi connectivity index (χ2v) is 7.83. The van der Waals surface area contributed by atoms with E-state index in [0.717, 1.165) is 42.0 Å². The van der Waals surface area contributed by atoms with E-state index < -0.39 is 10.0 Å². The lowest BCUT2D eigenvalue weighted by Gasteiger charge is -2.13. The van der Waals surface area contributed by atoms with Crippen LogP contribution < -0.4 is 19.5 Å². The van der Waals surface area contributed by atoms with Gasteiger partial charge in [-0.2, -0.15) is 0 Å². The fourth-order valence-corrected chi connectivity index (χ4v) is 3.24. The van der Waals surface area contributed by atoms with Crippen molar-refractivity contribution in [2.24, 2.45) is 0 Å². The van der Waals surface area contributed by atoms with Gasteiger partial charge in [0.15, 0.2) is 0 Å². The first kappa shape index (κ1) is 20.2. The third-order valence-corrected chi connectivity index (χ3v) is 4.59. The first-order valence-corrected chi connectivity index (χ1v) is 10.3. The molecule has 26 heavy (non-hydrogen) atoms. The van der Waals surface area contributed by atoms with Crippen molar-refractivity contribution in [2.45, 2.75) is 19.5 Å². The summed E-state index contributed by atoms with van der Waals surface area (Å²) in [6, 6.07) is 15.1. The van der Waals surface area contributed by atoms with Crippen LogP contribution in [0.3, 0.4) is 0 Å². The Labute approximate surface area is 155 Å². The van der Waals surface area contributed by atoms with E-state index in [4.69, 9.17) is 9.47 Å². The summed E-state index contributed by atoms with van der Waals surface area (Å²) < 4.78 is 35.9. The van der Waals surface area contributed by atoms with E-state index in [1.54, 1.807) is 7.11 Å². The second-order valence-electron chi connectivity index (χ2n) is 6.05. The normalized spacial score (nSPS) is 12.6. The molecule has 2 aromatic carbocycles. The number of benzene rings is 2. The van der Waals surface area contributed by atoms with Crippen LogP contribution in [0.2, 0.25) is 0 Å². The molecular formula is C19H26N2O4S. The minimum Gasteiger partial charge on any atom is -0.497 e. The highest BCUT2D eigenvalue weighted by atomic mass is 32.2. The Morgan fingerprint density at radius 2 is 1.62 bits per heavy atom. The zero-order valence-corrected chi connectivity index (χ0v) is 16.2. The summed E-state index contributed by atoms with van der Waals surface area (Å²) in [6.45, 7) is 3.84. The Morgan fingerprint density at radius 1 is 1.00 bits per heavy atom. The topological polar surface area (TPSA) is 76.7 Å². The number of rotatable bonds is 10. The van der Waals surface area contributed by atoms with Crippen LogP contribution in [0.5, 0.6) is 11.5 Å². The van der Waals surface area contributed by atoms with E-state index in [-0.39, 0.29) is 6.04 Å². The van der Waals surface area contributed by atoms with Crippen LogP contribution in [-0.2, 0) is 16.6 Å². The van der Waals surface area contributed by atoms with Crippen LogP contribution in [0.4, 0.5) is 0 Å². The molecule has 0 spiro atoms. The Balaban J connectivity index is 1.70. The van der Waals surface area contributed by atoms with Gasteiger partial charge in [0, 0.05) is 19.1 Å². The zero-order chi connectivity index (χ0) is 19.0. The summed E-state index contributed by atoms with van der Waals surface area (Å²) in [5, 5.41) is 3.32. The van der Waals surface area contributed by atoms with Gasteiger partial charge in [0.25, 0.3) is 0 Å². The van der Waals surface area contributed by atoms with E-state index in [0.29, 0.717) is 6.61 Å². The number of hydrogen-bond donors (Lipinski definition) is 2. The summed E-state index contributed by atoms with van der Waals surface area (Å²) in [4.78, 5) is 0. The molecule has 0 radical (unpaired) electrons. The number of methoxy groups -OCH3 is 1. The molecule has 0 aliphatic heterocycles. The fourth-order valence-electron chi connectivity index (χ4n) is 2.46. The molecule has 7 heteroatoms. The molecule has 2 rings (SSSR count). The Hall–Kier alpha value is -2.09. The lowest BCUT2D eigenvalue weighted by molar-refractivity contribution is 0.313.